The van der Waals surface area contributed by atoms with Crippen LogP contribution in [0.2, 0.25) is 0 Å². The van der Waals surface area contributed by atoms with Crippen molar-refractivity contribution in [2.24, 2.45) is 5.73 Å². The van der Waals surface area contributed by atoms with Crippen LogP contribution < -0.4 is 19.9 Å². The van der Waals surface area contributed by atoms with Crippen LogP contribution in [0.1, 0.15) is 5.56 Å². The maximum Gasteiger partial charge on any atom is 0.129 e. The highest BCUT2D eigenvalue weighted by Crippen LogP contribution is 2.34. The molecule has 0 spiro atoms. The van der Waals surface area contributed by atoms with E-state index < -0.39 is 0 Å². The number of rotatable bonds is 5. The van der Waals surface area contributed by atoms with Crippen LogP contribution in [0.3, 0.4) is 0 Å². The lowest BCUT2D eigenvalue weighted by atomic mass is 10.1. The number of methoxy groups -OCH3 is 3. The average Bonchev–Trinajstić information content (AvgIpc) is 2.28. The molecule has 0 atom stereocenters. The predicted molar refractivity (Wildman–Crippen MR) is 61.7 cm³/mol. The first-order chi connectivity index (χ1) is 7.62. The minimum absolute atomic E-state index is 0.0572. The zero-order chi connectivity index (χ0) is 12.1. The molecule has 0 aliphatic carbocycles. The molecule has 0 unspecified atom stereocenters. The Morgan fingerprint density at radius 1 is 1.12 bits per heavy atom. The second-order valence-corrected chi connectivity index (χ2v) is 3.21. The lowest BCUT2D eigenvalue weighted by Gasteiger charge is -2.14. The standard InChI is InChI=1S/C11H16N2O3/c1-14-7-4-9(15-2)8(6-11(12)13)10(5-7)16-3/h4-5H,6H2,1-3H3,(H3,12,13). The van der Waals surface area contributed by atoms with Crippen molar-refractivity contribution in [2.75, 3.05) is 21.3 Å². The van der Waals surface area contributed by atoms with Gasteiger partial charge in [0.2, 0.25) is 0 Å². The van der Waals surface area contributed by atoms with Crippen molar-refractivity contribution in [3.8, 4) is 17.2 Å². The van der Waals surface area contributed by atoms with Gasteiger partial charge in [0.25, 0.3) is 0 Å². The van der Waals surface area contributed by atoms with E-state index in [0.717, 1.165) is 5.56 Å². The molecule has 3 N–H and O–H groups in total. The Kier molecular flexibility index (Phi) is 3.99. The molecule has 1 rings (SSSR count). The second-order valence-electron chi connectivity index (χ2n) is 3.21. The Balaban J connectivity index is 3.25. The first-order valence-electron chi connectivity index (χ1n) is 4.74. The van der Waals surface area contributed by atoms with Crippen LogP contribution in [0.15, 0.2) is 12.1 Å². The van der Waals surface area contributed by atoms with Gasteiger partial charge < -0.3 is 19.9 Å². The van der Waals surface area contributed by atoms with Gasteiger partial charge in [-0.3, -0.25) is 5.41 Å². The molecule has 0 fully saturated rings. The molecule has 16 heavy (non-hydrogen) atoms. The van der Waals surface area contributed by atoms with Crippen molar-refractivity contribution < 1.29 is 14.2 Å². The monoisotopic (exact) mass is 224 g/mol. The topological polar surface area (TPSA) is 77.6 Å². The zero-order valence-corrected chi connectivity index (χ0v) is 9.66. The molecular formula is C11H16N2O3. The van der Waals surface area contributed by atoms with Gasteiger partial charge in [0.15, 0.2) is 0 Å². The summed E-state index contributed by atoms with van der Waals surface area (Å²) in [6, 6.07) is 3.47. The second kappa shape index (κ2) is 5.25. The molecule has 0 amide bonds. The Bertz CT molecular complexity index is 366. The predicted octanol–water partition coefficient (Wildman–Crippen LogP) is 1.19. The van der Waals surface area contributed by atoms with Crippen molar-refractivity contribution in [1.82, 2.24) is 0 Å². The summed E-state index contributed by atoms with van der Waals surface area (Å²) in [5.74, 6) is 1.90. The van der Waals surface area contributed by atoms with Gasteiger partial charge in [-0.1, -0.05) is 0 Å². The first-order valence-corrected chi connectivity index (χ1v) is 4.74. The molecule has 0 aromatic heterocycles. The first kappa shape index (κ1) is 12.2. The number of benzene rings is 1. The fourth-order valence-corrected chi connectivity index (χ4v) is 1.44. The van der Waals surface area contributed by atoms with E-state index in [-0.39, 0.29) is 12.3 Å². The Morgan fingerprint density at radius 3 is 1.94 bits per heavy atom. The van der Waals surface area contributed by atoms with Crippen molar-refractivity contribution in [1.29, 1.82) is 5.41 Å². The summed E-state index contributed by atoms with van der Waals surface area (Å²) in [4.78, 5) is 0. The van der Waals surface area contributed by atoms with Crippen LogP contribution in [0.25, 0.3) is 0 Å². The zero-order valence-electron chi connectivity index (χ0n) is 9.66. The van der Waals surface area contributed by atoms with Gasteiger partial charge in [-0.25, -0.2) is 0 Å². The van der Waals surface area contributed by atoms with E-state index in [4.69, 9.17) is 25.4 Å². The molecule has 0 aliphatic rings. The van der Waals surface area contributed by atoms with Crippen molar-refractivity contribution in [3.63, 3.8) is 0 Å². The van der Waals surface area contributed by atoms with E-state index in [1.165, 1.54) is 0 Å². The van der Waals surface area contributed by atoms with Gasteiger partial charge in [-0.15, -0.1) is 0 Å². The summed E-state index contributed by atoms with van der Waals surface area (Å²) in [6.07, 6.45) is 0.288. The van der Waals surface area contributed by atoms with E-state index >= 15 is 0 Å². The summed E-state index contributed by atoms with van der Waals surface area (Å²) < 4.78 is 15.6. The largest absolute Gasteiger partial charge is 0.496 e. The number of hydrogen-bond donors (Lipinski definition) is 2. The molecule has 0 heterocycles. The lowest BCUT2D eigenvalue weighted by Crippen LogP contribution is -2.14. The van der Waals surface area contributed by atoms with Crippen LogP contribution in [-0.2, 0) is 6.42 Å². The summed E-state index contributed by atoms with van der Waals surface area (Å²) in [7, 11) is 4.68. The van der Waals surface area contributed by atoms with Gasteiger partial charge in [0.1, 0.15) is 17.2 Å². The normalized spacial score (nSPS) is 9.69. The van der Waals surface area contributed by atoms with E-state index in [1.54, 1.807) is 33.5 Å². The molecule has 5 heteroatoms. The highest BCUT2D eigenvalue weighted by atomic mass is 16.5. The quantitative estimate of drug-likeness (QED) is 0.581. The van der Waals surface area contributed by atoms with Gasteiger partial charge in [-0.2, -0.15) is 0 Å². The molecule has 0 saturated heterocycles. The van der Waals surface area contributed by atoms with E-state index in [1.807, 2.05) is 0 Å². The van der Waals surface area contributed by atoms with Crippen LogP contribution >= 0.6 is 0 Å². The molecule has 0 radical (unpaired) electrons. The SMILES string of the molecule is COc1cc(OC)c(CC(=N)N)c(OC)c1. The van der Waals surface area contributed by atoms with Crippen LogP contribution in [-0.4, -0.2) is 27.2 Å². The summed E-state index contributed by atoms with van der Waals surface area (Å²) in [5.41, 5.74) is 6.13. The fourth-order valence-electron chi connectivity index (χ4n) is 1.44. The third-order valence-electron chi connectivity index (χ3n) is 2.18. The Hall–Kier alpha value is -1.91. The Morgan fingerprint density at radius 2 is 1.62 bits per heavy atom. The maximum atomic E-state index is 7.31. The van der Waals surface area contributed by atoms with Crippen LogP contribution in [0.5, 0.6) is 17.2 Å². The molecule has 1 aromatic rings. The van der Waals surface area contributed by atoms with E-state index in [0.29, 0.717) is 17.2 Å². The maximum absolute atomic E-state index is 7.31. The lowest BCUT2D eigenvalue weighted by molar-refractivity contribution is 0.370. The van der Waals surface area contributed by atoms with Crippen LogP contribution in [0.4, 0.5) is 0 Å². The molecule has 0 saturated carbocycles. The smallest absolute Gasteiger partial charge is 0.129 e. The highest BCUT2D eigenvalue weighted by Gasteiger charge is 2.13. The van der Waals surface area contributed by atoms with Gasteiger partial charge in [-0.05, 0) is 0 Å². The van der Waals surface area contributed by atoms with Crippen LogP contribution in [0, 0.1) is 5.41 Å². The molecule has 88 valence electrons. The molecule has 0 aliphatic heterocycles. The molecule has 5 nitrogen and oxygen atoms in total. The minimum atomic E-state index is 0.0572. The third kappa shape index (κ3) is 2.56. The van der Waals surface area contributed by atoms with Crippen molar-refractivity contribution in [3.05, 3.63) is 17.7 Å². The van der Waals surface area contributed by atoms with Crippen molar-refractivity contribution >= 4 is 5.84 Å². The number of hydrogen-bond acceptors (Lipinski definition) is 4. The Labute approximate surface area is 94.6 Å². The third-order valence-corrected chi connectivity index (χ3v) is 2.18. The van der Waals surface area contributed by atoms with Gasteiger partial charge in [0.05, 0.1) is 27.2 Å². The summed E-state index contributed by atoms with van der Waals surface area (Å²) >= 11 is 0. The molecule has 0 bridgehead atoms. The molecular weight excluding hydrogens is 208 g/mol. The average molecular weight is 224 g/mol. The number of amidine groups is 1. The summed E-state index contributed by atoms with van der Waals surface area (Å²) in [6.45, 7) is 0. The highest BCUT2D eigenvalue weighted by molar-refractivity contribution is 5.81. The number of ether oxygens (including phenoxy) is 3. The van der Waals surface area contributed by atoms with E-state index in [2.05, 4.69) is 0 Å². The van der Waals surface area contributed by atoms with Gasteiger partial charge in [0, 0.05) is 24.1 Å². The summed E-state index contributed by atoms with van der Waals surface area (Å²) in [5, 5.41) is 7.31. The number of nitrogens with one attached hydrogen (secondary N) is 1. The van der Waals surface area contributed by atoms with Gasteiger partial charge >= 0.3 is 0 Å². The van der Waals surface area contributed by atoms with E-state index in [9.17, 15) is 0 Å². The van der Waals surface area contributed by atoms with Crippen molar-refractivity contribution in [2.45, 2.75) is 6.42 Å². The minimum Gasteiger partial charge on any atom is -0.496 e. The number of nitrogens with two attached hydrogens (primary N) is 1. The molecule has 1 aromatic carbocycles. The fraction of sp³-hybridized carbons (Fsp3) is 0.364.